The summed E-state index contributed by atoms with van der Waals surface area (Å²) in [6.07, 6.45) is 2.39. The first-order chi connectivity index (χ1) is 12.2. The van der Waals surface area contributed by atoms with E-state index < -0.39 is 0 Å². The molecule has 2 amide bonds. The van der Waals surface area contributed by atoms with Gasteiger partial charge in [0.1, 0.15) is 0 Å². The molecule has 26 heavy (non-hydrogen) atoms. The highest BCUT2D eigenvalue weighted by Gasteiger charge is 2.42. The monoisotopic (exact) mass is 362 g/mol. The second-order valence-electron chi connectivity index (χ2n) is 8.15. The Kier molecular flexibility index (Phi) is 5.10. The minimum Gasteiger partial charge on any atom is -0.370 e. The summed E-state index contributed by atoms with van der Waals surface area (Å²) >= 11 is 0. The standard InChI is InChI=1S/C19H30N4O3/c1-12(2)18(25)23-8-6-19(7-9-23)10-15-14(11-26-19)16(21-22(15)5)17(24)20-13(3)4/h12-13H,6-11H2,1-5H3,(H,20,24). The molecule has 0 aromatic carbocycles. The van der Waals surface area contributed by atoms with E-state index >= 15 is 0 Å². The number of amides is 2. The lowest BCUT2D eigenvalue weighted by Crippen LogP contribution is -2.51. The van der Waals surface area contributed by atoms with Crippen LogP contribution in [0, 0.1) is 5.92 Å². The molecule has 0 aliphatic carbocycles. The van der Waals surface area contributed by atoms with Crippen molar-refractivity contribution in [3.05, 3.63) is 17.0 Å². The van der Waals surface area contributed by atoms with Crippen LogP contribution in [0.3, 0.4) is 0 Å². The van der Waals surface area contributed by atoms with Crippen LogP contribution in [0.5, 0.6) is 0 Å². The van der Waals surface area contributed by atoms with Gasteiger partial charge >= 0.3 is 0 Å². The lowest BCUT2D eigenvalue weighted by atomic mass is 9.83. The minimum atomic E-state index is -0.250. The Balaban J connectivity index is 1.74. The molecule has 1 aromatic rings. The molecule has 1 aromatic heterocycles. The molecular weight excluding hydrogens is 332 g/mol. The molecule has 0 saturated carbocycles. The molecule has 0 radical (unpaired) electrons. The van der Waals surface area contributed by atoms with Crippen LogP contribution < -0.4 is 5.32 Å². The number of nitrogens with one attached hydrogen (secondary N) is 1. The molecule has 0 atom stereocenters. The first-order valence-electron chi connectivity index (χ1n) is 9.51. The number of hydrogen-bond acceptors (Lipinski definition) is 4. The smallest absolute Gasteiger partial charge is 0.272 e. The molecule has 2 aliphatic heterocycles. The number of aryl methyl sites for hydroxylation is 1. The van der Waals surface area contributed by atoms with Gasteiger partial charge in [-0.3, -0.25) is 14.3 Å². The second kappa shape index (κ2) is 7.02. The molecule has 1 spiro atoms. The predicted molar refractivity (Wildman–Crippen MR) is 97.7 cm³/mol. The van der Waals surface area contributed by atoms with E-state index in [9.17, 15) is 9.59 Å². The molecule has 0 bridgehead atoms. The SMILES string of the molecule is CC(C)NC(=O)c1nn(C)c2c1COC1(CCN(C(=O)C(C)C)CC1)C2. The van der Waals surface area contributed by atoms with Gasteiger partial charge < -0.3 is 15.0 Å². The third kappa shape index (κ3) is 3.49. The largest absolute Gasteiger partial charge is 0.370 e. The topological polar surface area (TPSA) is 76.5 Å². The fourth-order valence-corrected chi connectivity index (χ4v) is 3.89. The number of carbonyl (C=O) groups is 2. The van der Waals surface area contributed by atoms with Crippen molar-refractivity contribution in [3.8, 4) is 0 Å². The summed E-state index contributed by atoms with van der Waals surface area (Å²) in [5.74, 6) is 0.0975. The van der Waals surface area contributed by atoms with Gasteiger partial charge in [-0.1, -0.05) is 13.8 Å². The number of likely N-dealkylation sites (tertiary alicyclic amines) is 1. The van der Waals surface area contributed by atoms with Gasteiger partial charge in [-0.2, -0.15) is 5.10 Å². The highest BCUT2D eigenvalue weighted by Crippen LogP contribution is 2.37. The summed E-state index contributed by atoms with van der Waals surface area (Å²) in [5.41, 5.74) is 2.20. The zero-order valence-corrected chi connectivity index (χ0v) is 16.5. The maximum atomic E-state index is 12.4. The molecule has 144 valence electrons. The van der Waals surface area contributed by atoms with E-state index in [2.05, 4.69) is 10.4 Å². The Labute approximate surface area is 155 Å². The molecule has 7 heteroatoms. The number of carbonyl (C=O) groups excluding carboxylic acids is 2. The van der Waals surface area contributed by atoms with Crippen molar-refractivity contribution in [1.29, 1.82) is 0 Å². The van der Waals surface area contributed by atoms with E-state index in [1.165, 1.54) is 0 Å². The molecule has 2 aliphatic rings. The summed E-state index contributed by atoms with van der Waals surface area (Å²) in [6.45, 7) is 9.61. The highest BCUT2D eigenvalue weighted by atomic mass is 16.5. The van der Waals surface area contributed by atoms with Gasteiger partial charge in [0.2, 0.25) is 5.91 Å². The van der Waals surface area contributed by atoms with Crippen LogP contribution in [0.4, 0.5) is 0 Å². The number of rotatable bonds is 3. The number of aromatic nitrogens is 2. The van der Waals surface area contributed by atoms with E-state index in [0.717, 1.165) is 43.6 Å². The number of ether oxygens (including phenoxy) is 1. The van der Waals surface area contributed by atoms with Crippen molar-refractivity contribution >= 4 is 11.8 Å². The van der Waals surface area contributed by atoms with Gasteiger partial charge in [-0.15, -0.1) is 0 Å². The van der Waals surface area contributed by atoms with Crippen LogP contribution >= 0.6 is 0 Å². The van der Waals surface area contributed by atoms with Crippen LogP contribution in [0.25, 0.3) is 0 Å². The molecule has 1 fully saturated rings. The van der Waals surface area contributed by atoms with E-state index in [1.54, 1.807) is 0 Å². The molecule has 1 N–H and O–H groups in total. The van der Waals surface area contributed by atoms with Crippen molar-refractivity contribution in [2.45, 2.75) is 65.2 Å². The minimum absolute atomic E-state index is 0.0297. The Morgan fingerprint density at radius 3 is 2.42 bits per heavy atom. The Bertz CT molecular complexity index is 700. The van der Waals surface area contributed by atoms with Gasteiger partial charge in [0.25, 0.3) is 5.91 Å². The lowest BCUT2D eigenvalue weighted by molar-refractivity contribution is -0.144. The average Bonchev–Trinajstić information content (AvgIpc) is 2.90. The summed E-state index contributed by atoms with van der Waals surface area (Å²) < 4.78 is 8.08. The van der Waals surface area contributed by atoms with E-state index in [4.69, 9.17) is 4.74 Å². The fourth-order valence-electron chi connectivity index (χ4n) is 3.89. The normalized spacial score (nSPS) is 19.1. The molecule has 7 nitrogen and oxygen atoms in total. The van der Waals surface area contributed by atoms with Crippen LogP contribution in [0.1, 0.15) is 62.3 Å². The van der Waals surface area contributed by atoms with Crippen LogP contribution in [-0.4, -0.2) is 51.2 Å². The Morgan fingerprint density at radius 2 is 1.85 bits per heavy atom. The second-order valence-corrected chi connectivity index (χ2v) is 8.15. The Hall–Kier alpha value is -1.89. The van der Waals surface area contributed by atoms with Crippen LogP contribution in [-0.2, 0) is 29.6 Å². The number of nitrogens with zero attached hydrogens (tertiary/aromatic N) is 3. The maximum absolute atomic E-state index is 12.4. The number of hydrogen-bond donors (Lipinski definition) is 1. The zero-order chi connectivity index (χ0) is 19.1. The van der Waals surface area contributed by atoms with Crippen molar-refractivity contribution in [2.24, 2.45) is 13.0 Å². The maximum Gasteiger partial charge on any atom is 0.272 e. The van der Waals surface area contributed by atoms with Crippen molar-refractivity contribution in [2.75, 3.05) is 13.1 Å². The molecule has 3 rings (SSSR count). The van der Waals surface area contributed by atoms with Gasteiger partial charge in [0, 0.05) is 49.8 Å². The highest BCUT2D eigenvalue weighted by molar-refractivity contribution is 5.94. The average molecular weight is 362 g/mol. The molecular formula is C19H30N4O3. The summed E-state index contributed by atoms with van der Waals surface area (Å²) in [4.78, 5) is 26.6. The number of fused-ring (bicyclic) bond motifs is 1. The van der Waals surface area contributed by atoms with E-state index in [0.29, 0.717) is 12.3 Å². The van der Waals surface area contributed by atoms with Crippen LogP contribution in [0.15, 0.2) is 0 Å². The van der Waals surface area contributed by atoms with Crippen molar-refractivity contribution < 1.29 is 14.3 Å². The zero-order valence-electron chi connectivity index (χ0n) is 16.5. The van der Waals surface area contributed by atoms with Gasteiger partial charge in [0.05, 0.1) is 12.2 Å². The molecule has 3 heterocycles. The van der Waals surface area contributed by atoms with Gasteiger partial charge in [0.15, 0.2) is 5.69 Å². The van der Waals surface area contributed by atoms with Crippen molar-refractivity contribution in [3.63, 3.8) is 0 Å². The first kappa shape index (κ1) is 18.9. The van der Waals surface area contributed by atoms with Crippen LogP contribution in [0.2, 0.25) is 0 Å². The lowest BCUT2D eigenvalue weighted by Gasteiger charge is -2.44. The third-order valence-electron chi connectivity index (χ3n) is 5.40. The summed E-state index contributed by atoms with van der Waals surface area (Å²) in [5, 5.41) is 7.36. The van der Waals surface area contributed by atoms with E-state index in [-0.39, 0.29) is 29.4 Å². The Morgan fingerprint density at radius 1 is 1.19 bits per heavy atom. The summed E-state index contributed by atoms with van der Waals surface area (Å²) in [6, 6.07) is 0.0684. The predicted octanol–water partition coefficient (Wildman–Crippen LogP) is 1.65. The quantitative estimate of drug-likeness (QED) is 0.887. The molecule has 1 saturated heterocycles. The van der Waals surface area contributed by atoms with Gasteiger partial charge in [-0.25, -0.2) is 0 Å². The third-order valence-corrected chi connectivity index (χ3v) is 5.40. The van der Waals surface area contributed by atoms with E-state index in [1.807, 2.05) is 44.3 Å². The summed E-state index contributed by atoms with van der Waals surface area (Å²) in [7, 11) is 1.89. The van der Waals surface area contributed by atoms with Gasteiger partial charge in [-0.05, 0) is 26.7 Å². The number of piperidine rings is 1. The van der Waals surface area contributed by atoms with Crippen molar-refractivity contribution in [1.82, 2.24) is 20.0 Å². The first-order valence-corrected chi connectivity index (χ1v) is 9.51. The molecule has 0 unspecified atom stereocenters. The fraction of sp³-hybridized carbons (Fsp3) is 0.737.